The first-order valence-corrected chi connectivity index (χ1v) is 20.5. The van der Waals surface area contributed by atoms with Gasteiger partial charge in [-0.15, -0.1) is 0 Å². The fourth-order valence-corrected chi connectivity index (χ4v) is 11.1. The summed E-state index contributed by atoms with van der Waals surface area (Å²) in [5.41, 5.74) is -3.27. The minimum Gasteiger partial charge on any atom is -0.483 e. The number of imide groups is 2. The number of nitrogens with zero attached hydrogens (tertiary/aromatic N) is 1. The van der Waals surface area contributed by atoms with Crippen LogP contribution in [0.2, 0.25) is 0 Å². The lowest BCUT2D eigenvalue weighted by atomic mass is 9.40. The van der Waals surface area contributed by atoms with E-state index in [4.69, 9.17) is 4.74 Å². The topological polar surface area (TPSA) is 209 Å². The summed E-state index contributed by atoms with van der Waals surface area (Å²) in [6.45, 7) is 5.89. The Balaban J connectivity index is 0.854. The Bertz CT molecular complexity index is 1980. The molecule has 2 aliphatic heterocycles. The van der Waals surface area contributed by atoms with Gasteiger partial charge >= 0.3 is 0 Å². The zero-order valence-electron chi connectivity index (χ0n) is 33.2. The second-order valence-electron chi connectivity index (χ2n) is 17.5. The number of hydrogen-bond acceptors (Lipinski definition) is 10. The Morgan fingerprint density at radius 1 is 0.966 bits per heavy atom. The van der Waals surface area contributed by atoms with Crippen molar-refractivity contribution in [2.24, 2.45) is 34.5 Å². The van der Waals surface area contributed by atoms with Crippen LogP contribution in [0.4, 0.5) is 4.39 Å². The van der Waals surface area contributed by atoms with Crippen LogP contribution < -0.4 is 20.7 Å². The molecule has 14 nitrogen and oxygen atoms in total. The first kappa shape index (κ1) is 41.4. The van der Waals surface area contributed by atoms with Crippen LogP contribution in [-0.2, 0) is 24.0 Å². The van der Waals surface area contributed by atoms with E-state index in [9.17, 15) is 43.8 Å². The van der Waals surface area contributed by atoms with Gasteiger partial charge < -0.3 is 25.6 Å². The van der Waals surface area contributed by atoms with Gasteiger partial charge in [0.1, 0.15) is 11.8 Å². The van der Waals surface area contributed by atoms with E-state index < -0.39 is 82.7 Å². The van der Waals surface area contributed by atoms with Gasteiger partial charge in [0.05, 0.1) is 29.3 Å². The summed E-state index contributed by atoms with van der Waals surface area (Å²) in [7, 11) is 0. The Labute approximate surface area is 336 Å². The van der Waals surface area contributed by atoms with Gasteiger partial charge in [0.25, 0.3) is 17.7 Å². The monoisotopic (exact) mass is 804 g/mol. The van der Waals surface area contributed by atoms with Gasteiger partial charge in [-0.3, -0.25) is 43.8 Å². The minimum atomic E-state index is -2.01. The lowest BCUT2D eigenvalue weighted by Gasteiger charge is -2.66. The Morgan fingerprint density at radius 2 is 1.69 bits per heavy atom. The van der Waals surface area contributed by atoms with Crippen LogP contribution in [0.3, 0.4) is 0 Å². The second-order valence-corrected chi connectivity index (χ2v) is 17.5. The number of allylic oxidation sites excluding steroid dienone is 4. The molecule has 1 aromatic rings. The zero-order valence-corrected chi connectivity index (χ0v) is 33.2. The van der Waals surface area contributed by atoms with Crippen LogP contribution >= 0.6 is 0 Å². The van der Waals surface area contributed by atoms with Crippen molar-refractivity contribution >= 4 is 41.2 Å². The van der Waals surface area contributed by atoms with Gasteiger partial charge in [-0.1, -0.05) is 44.4 Å². The molecule has 10 atom stereocenters. The van der Waals surface area contributed by atoms with Crippen LogP contribution in [0.15, 0.2) is 42.0 Å². The molecule has 312 valence electrons. The normalized spacial score (nSPS) is 35.3. The molecule has 5 N–H and O–H groups in total. The van der Waals surface area contributed by atoms with Gasteiger partial charge in [-0.2, -0.15) is 0 Å². The van der Waals surface area contributed by atoms with Gasteiger partial charge in [-0.25, -0.2) is 4.39 Å². The van der Waals surface area contributed by atoms with E-state index in [1.165, 1.54) is 30.4 Å². The highest BCUT2D eigenvalue weighted by Crippen LogP contribution is 2.68. The van der Waals surface area contributed by atoms with Crippen molar-refractivity contribution in [3.05, 3.63) is 53.1 Å². The van der Waals surface area contributed by atoms with Crippen molar-refractivity contribution in [2.45, 2.75) is 109 Å². The molecule has 15 heteroatoms. The molecule has 58 heavy (non-hydrogen) atoms. The summed E-state index contributed by atoms with van der Waals surface area (Å²) >= 11 is 0. The van der Waals surface area contributed by atoms with Gasteiger partial charge in [0.15, 0.2) is 18.1 Å². The van der Waals surface area contributed by atoms with Crippen LogP contribution in [0.25, 0.3) is 0 Å². The number of unbranched alkanes of at least 4 members (excludes halogenated alkanes) is 3. The van der Waals surface area contributed by atoms with E-state index in [-0.39, 0.29) is 59.7 Å². The number of carbonyl (C=O) groups excluding carboxylic acids is 7. The number of hydrogen-bond donors (Lipinski definition) is 5. The number of rotatable bonds is 12. The zero-order chi connectivity index (χ0) is 41.7. The van der Waals surface area contributed by atoms with Crippen LogP contribution in [0.1, 0.15) is 106 Å². The molecular formula is C43H53FN4O10. The summed E-state index contributed by atoms with van der Waals surface area (Å²) in [6.07, 6.45) is 6.52. The van der Waals surface area contributed by atoms with Gasteiger partial charge in [-0.05, 0) is 93.4 Å². The van der Waals surface area contributed by atoms with Crippen LogP contribution in [-0.4, -0.2) is 100.0 Å². The number of piperidine rings is 1. The first-order chi connectivity index (χ1) is 27.5. The van der Waals surface area contributed by atoms with E-state index in [0.29, 0.717) is 50.8 Å². The molecule has 0 bridgehead atoms. The molecule has 0 spiro atoms. The summed E-state index contributed by atoms with van der Waals surface area (Å²) in [4.78, 5) is 89.7. The van der Waals surface area contributed by atoms with Crippen molar-refractivity contribution in [1.82, 2.24) is 20.9 Å². The number of fused-ring (bicyclic) bond motifs is 6. The standard InChI is InChI=1S/C43H53FN4O10/c1-23-19-28-27-12-11-24-20-25(49)15-16-42(24,3)43(27,44)31(50)21-41(28,2)35(36(23)53)38(55)46-18-7-5-4-6-17-45-33(52)22-58-30-10-8-9-26-34(30)40(57)48(39(26)56)29-13-14-32(51)47-37(29)54/h8-10,15-16,20,23,27-29,31,35-36,50,53H,4-7,11-14,17-19,21-22H2,1-3H3,(H,45,52)(H,46,55)(H,47,51,54)/t23-,27+,28+,29?,31+,35-,36-,41+,42+,43+/m1/s1. The number of alkyl halides is 1. The van der Waals surface area contributed by atoms with E-state index in [2.05, 4.69) is 16.0 Å². The van der Waals surface area contributed by atoms with Crippen molar-refractivity contribution in [3.63, 3.8) is 0 Å². The maximum absolute atomic E-state index is 17.5. The molecule has 0 radical (unpaired) electrons. The maximum Gasteiger partial charge on any atom is 0.266 e. The van der Waals surface area contributed by atoms with E-state index in [0.717, 1.165) is 17.7 Å². The summed E-state index contributed by atoms with van der Waals surface area (Å²) in [6, 6.07) is 3.30. The third kappa shape index (κ3) is 6.87. The quantitative estimate of drug-likeness (QED) is 0.154. The van der Waals surface area contributed by atoms with Crippen molar-refractivity contribution in [2.75, 3.05) is 19.7 Å². The highest BCUT2D eigenvalue weighted by atomic mass is 19.1. The number of nitrogens with one attached hydrogen (secondary N) is 3. The number of aliphatic hydroxyl groups is 2. The SMILES string of the molecule is C[C@@H]1C[C@H]2[C@@H]3CCC4=CC(=O)C=C[C@]4(C)[C@@]3(F)[C@@H](O)C[C@]2(C)[C@@H](C(=O)NCCCCCCNC(=O)COc2cccc3c2C(=O)N(C2CCC(=O)NC2=O)C3=O)[C@@H]1O. The minimum absolute atomic E-state index is 0.00417. The lowest BCUT2D eigenvalue weighted by Crippen LogP contribution is -2.70. The number of aliphatic hydroxyl groups excluding tert-OH is 2. The highest BCUT2D eigenvalue weighted by Gasteiger charge is 2.71. The molecular weight excluding hydrogens is 751 g/mol. The van der Waals surface area contributed by atoms with E-state index in [1.54, 1.807) is 13.0 Å². The highest BCUT2D eigenvalue weighted by molar-refractivity contribution is 6.24. The molecule has 4 aliphatic carbocycles. The largest absolute Gasteiger partial charge is 0.483 e. The lowest BCUT2D eigenvalue weighted by molar-refractivity contribution is -0.233. The predicted molar refractivity (Wildman–Crippen MR) is 205 cm³/mol. The third-order valence-corrected chi connectivity index (χ3v) is 14.1. The van der Waals surface area contributed by atoms with E-state index >= 15 is 4.39 Å². The van der Waals surface area contributed by atoms with Gasteiger partial charge in [0.2, 0.25) is 17.7 Å². The molecule has 7 rings (SSSR count). The number of benzene rings is 1. The molecule has 1 aromatic carbocycles. The van der Waals surface area contributed by atoms with Crippen LogP contribution in [0.5, 0.6) is 5.75 Å². The molecule has 0 aromatic heterocycles. The Kier molecular flexibility index (Phi) is 11.3. The van der Waals surface area contributed by atoms with E-state index in [1.807, 2.05) is 13.8 Å². The van der Waals surface area contributed by atoms with Crippen molar-refractivity contribution in [3.8, 4) is 5.75 Å². The molecule has 4 fully saturated rings. The summed E-state index contributed by atoms with van der Waals surface area (Å²) < 4.78 is 23.2. The Morgan fingerprint density at radius 3 is 2.41 bits per heavy atom. The number of halogens is 1. The number of amides is 6. The predicted octanol–water partition coefficient (Wildman–Crippen LogP) is 2.85. The summed E-state index contributed by atoms with van der Waals surface area (Å²) in [5.74, 6) is -5.36. The molecule has 6 amide bonds. The number of carbonyl (C=O) groups is 7. The molecule has 1 saturated heterocycles. The number of ether oxygens (including phenoxy) is 1. The van der Waals surface area contributed by atoms with Crippen LogP contribution in [0, 0.1) is 34.5 Å². The average Bonchev–Trinajstić information content (AvgIpc) is 3.43. The maximum atomic E-state index is 17.5. The van der Waals surface area contributed by atoms with Crippen molar-refractivity contribution in [1.29, 1.82) is 0 Å². The average molecular weight is 805 g/mol. The molecule has 6 aliphatic rings. The fraction of sp³-hybridized carbons (Fsp3) is 0.605. The van der Waals surface area contributed by atoms with Gasteiger partial charge in [0, 0.05) is 30.8 Å². The first-order valence-electron chi connectivity index (χ1n) is 20.5. The van der Waals surface area contributed by atoms with Crippen molar-refractivity contribution < 1.29 is 52.9 Å². The fourth-order valence-electron chi connectivity index (χ4n) is 11.1. The second kappa shape index (κ2) is 15.8. The molecule has 1 unspecified atom stereocenters. The third-order valence-electron chi connectivity index (χ3n) is 14.1. The number of ketones is 1. The summed E-state index contributed by atoms with van der Waals surface area (Å²) in [5, 5.41) is 31.0. The smallest absolute Gasteiger partial charge is 0.266 e. The molecule has 2 heterocycles. The molecule has 3 saturated carbocycles. The Hall–Kier alpha value is -4.76.